The molecule has 1 aromatic rings. The lowest BCUT2D eigenvalue weighted by Gasteiger charge is -2.41. The highest BCUT2D eigenvalue weighted by Crippen LogP contribution is 2.42. The van der Waals surface area contributed by atoms with Gasteiger partial charge in [-0.25, -0.2) is 0 Å². The van der Waals surface area contributed by atoms with Crippen LogP contribution in [-0.2, 0) is 4.79 Å². The average molecular weight is 499 g/mol. The van der Waals surface area contributed by atoms with E-state index in [-0.39, 0.29) is 29.9 Å². The number of nitrogens with one attached hydrogen (secondary N) is 2. The van der Waals surface area contributed by atoms with E-state index in [0.717, 1.165) is 38.7 Å². The predicted molar refractivity (Wildman–Crippen MR) is 127 cm³/mol. The molecule has 0 spiro atoms. The van der Waals surface area contributed by atoms with Crippen molar-refractivity contribution in [2.75, 3.05) is 51.2 Å². The van der Waals surface area contributed by atoms with Gasteiger partial charge in [0.15, 0.2) is 5.96 Å². The number of amides is 1. The third-order valence-electron chi connectivity index (χ3n) is 6.18. The van der Waals surface area contributed by atoms with Crippen LogP contribution in [0.4, 0.5) is 5.69 Å². The fourth-order valence-corrected chi connectivity index (χ4v) is 3.95. The number of hydrogen-bond acceptors (Lipinski definition) is 3. The molecule has 1 saturated heterocycles. The van der Waals surface area contributed by atoms with Crippen molar-refractivity contribution < 1.29 is 4.79 Å². The van der Waals surface area contributed by atoms with Crippen LogP contribution in [0, 0.1) is 5.41 Å². The Morgan fingerprint density at radius 3 is 2.32 bits per heavy atom. The molecule has 2 fully saturated rings. The van der Waals surface area contributed by atoms with Crippen molar-refractivity contribution in [2.24, 2.45) is 10.4 Å². The van der Waals surface area contributed by atoms with E-state index in [1.165, 1.54) is 31.4 Å². The molecule has 6 nitrogen and oxygen atoms in total. The molecule has 0 radical (unpaired) electrons. The second-order valence-electron chi connectivity index (χ2n) is 7.69. The summed E-state index contributed by atoms with van der Waals surface area (Å²) in [5.74, 6) is 0.866. The maximum Gasteiger partial charge on any atom is 0.242 e. The first-order chi connectivity index (χ1) is 13.2. The van der Waals surface area contributed by atoms with Gasteiger partial charge in [0.05, 0.1) is 6.54 Å². The minimum absolute atomic E-state index is 0. The smallest absolute Gasteiger partial charge is 0.242 e. The first-order valence-corrected chi connectivity index (χ1v) is 10.2. The maximum atomic E-state index is 12.5. The van der Waals surface area contributed by atoms with Crippen LogP contribution in [0.3, 0.4) is 0 Å². The number of nitrogens with zero attached hydrogens (tertiary/aromatic N) is 3. The number of benzene rings is 1. The molecule has 1 aliphatic carbocycles. The Morgan fingerprint density at radius 1 is 1.11 bits per heavy atom. The molecule has 1 amide bonds. The van der Waals surface area contributed by atoms with Crippen LogP contribution < -0.4 is 15.5 Å². The molecule has 1 aliphatic heterocycles. The van der Waals surface area contributed by atoms with Gasteiger partial charge in [0.25, 0.3) is 0 Å². The number of guanidine groups is 1. The van der Waals surface area contributed by atoms with Crippen molar-refractivity contribution >= 4 is 41.5 Å². The van der Waals surface area contributed by atoms with E-state index >= 15 is 0 Å². The van der Waals surface area contributed by atoms with Gasteiger partial charge in [0, 0.05) is 45.5 Å². The Hall–Kier alpha value is -1.51. The number of rotatable bonds is 6. The molecule has 0 bridgehead atoms. The van der Waals surface area contributed by atoms with Gasteiger partial charge in [-0.3, -0.25) is 9.79 Å². The van der Waals surface area contributed by atoms with Gasteiger partial charge in [-0.15, -0.1) is 24.0 Å². The Labute approximate surface area is 186 Å². The van der Waals surface area contributed by atoms with Gasteiger partial charge >= 0.3 is 0 Å². The molecule has 156 valence electrons. The second kappa shape index (κ2) is 10.9. The summed E-state index contributed by atoms with van der Waals surface area (Å²) < 4.78 is 0. The van der Waals surface area contributed by atoms with Crippen LogP contribution in [-0.4, -0.2) is 63.1 Å². The van der Waals surface area contributed by atoms with E-state index in [4.69, 9.17) is 0 Å². The molecule has 0 aromatic heterocycles. The van der Waals surface area contributed by atoms with Crippen molar-refractivity contribution in [3.8, 4) is 0 Å². The summed E-state index contributed by atoms with van der Waals surface area (Å²) in [5, 5.41) is 6.60. The van der Waals surface area contributed by atoms with E-state index < -0.39 is 0 Å². The van der Waals surface area contributed by atoms with Crippen LogP contribution in [0.5, 0.6) is 0 Å². The van der Waals surface area contributed by atoms with Crippen LogP contribution in [0.2, 0.25) is 0 Å². The summed E-state index contributed by atoms with van der Waals surface area (Å²) in [7, 11) is 1.76. The SMILES string of the molecule is CCC1(CNC(=NC)NCC(=O)N2CCN(c3ccccc3)CC2)CCC1.I. The van der Waals surface area contributed by atoms with Gasteiger partial charge in [0.1, 0.15) is 0 Å². The number of halogens is 1. The van der Waals surface area contributed by atoms with E-state index in [1.54, 1.807) is 7.05 Å². The van der Waals surface area contributed by atoms with E-state index in [2.05, 4.69) is 51.7 Å². The van der Waals surface area contributed by atoms with Crippen LogP contribution in [0.15, 0.2) is 35.3 Å². The zero-order valence-corrected chi connectivity index (χ0v) is 19.4. The highest BCUT2D eigenvalue weighted by molar-refractivity contribution is 14.0. The van der Waals surface area contributed by atoms with Gasteiger partial charge in [0.2, 0.25) is 5.91 Å². The molecular formula is C21H34IN5O. The Morgan fingerprint density at radius 2 is 1.79 bits per heavy atom. The number of carbonyl (C=O) groups excluding carboxylic acids is 1. The third-order valence-corrected chi connectivity index (χ3v) is 6.18. The quantitative estimate of drug-likeness (QED) is 0.359. The largest absolute Gasteiger partial charge is 0.368 e. The first-order valence-electron chi connectivity index (χ1n) is 10.2. The van der Waals surface area contributed by atoms with Crippen LogP contribution in [0.25, 0.3) is 0 Å². The van der Waals surface area contributed by atoms with Gasteiger partial charge in [-0.1, -0.05) is 31.5 Å². The second-order valence-corrected chi connectivity index (χ2v) is 7.69. The zero-order valence-electron chi connectivity index (χ0n) is 17.1. The lowest BCUT2D eigenvalue weighted by atomic mass is 9.67. The lowest BCUT2D eigenvalue weighted by molar-refractivity contribution is -0.130. The standard InChI is InChI=1S/C21H33N5O.HI/c1-3-21(10-7-11-21)17-24-20(22-2)23-16-19(27)26-14-12-25(13-15-26)18-8-5-4-6-9-18;/h4-6,8-9H,3,7,10-17H2,1-2H3,(H2,22,23,24);1H. The summed E-state index contributed by atoms with van der Waals surface area (Å²) in [5.41, 5.74) is 1.66. The monoisotopic (exact) mass is 499 g/mol. The lowest BCUT2D eigenvalue weighted by Crippen LogP contribution is -2.53. The molecular weight excluding hydrogens is 465 g/mol. The van der Waals surface area contributed by atoms with Gasteiger partial charge in [-0.2, -0.15) is 0 Å². The number of anilines is 1. The summed E-state index contributed by atoms with van der Waals surface area (Å²) in [6, 6.07) is 10.4. The Bertz CT molecular complexity index is 634. The highest BCUT2D eigenvalue weighted by Gasteiger charge is 2.35. The average Bonchev–Trinajstić information content (AvgIpc) is 2.70. The highest BCUT2D eigenvalue weighted by atomic mass is 127. The summed E-state index contributed by atoms with van der Waals surface area (Å²) >= 11 is 0. The zero-order chi connectivity index (χ0) is 19.1. The first kappa shape index (κ1) is 22.8. The molecule has 7 heteroatoms. The van der Waals surface area contributed by atoms with Crippen LogP contribution in [0.1, 0.15) is 32.6 Å². The fraction of sp³-hybridized carbons (Fsp3) is 0.619. The van der Waals surface area contributed by atoms with Crippen molar-refractivity contribution in [2.45, 2.75) is 32.6 Å². The van der Waals surface area contributed by atoms with Crippen LogP contribution >= 0.6 is 24.0 Å². The Kier molecular flexibility index (Phi) is 8.85. The molecule has 1 saturated carbocycles. The van der Waals surface area contributed by atoms with Gasteiger partial charge < -0.3 is 20.4 Å². The summed E-state index contributed by atoms with van der Waals surface area (Å²) in [4.78, 5) is 21.1. The van der Waals surface area contributed by atoms with Crippen molar-refractivity contribution in [3.63, 3.8) is 0 Å². The van der Waals surface area contributed by atoms with E-state index in [9.17, 15) is 4.79 Å². The maximum absolute atomic E-state index is 12.5. The number of carbonyl (C=O) groups is 1. The molecule has 1 heterocycles. The van der Waals surface area contributed by atoms with Crippen molar-refractivity contribution in [1.29, 1.82) is 0 Å². The topological polar surface area (TPSA) is 60.0 Å². The number of piperazine rings is 1. The number of hydrogen-bond donors (Lipinski definition) is 2. The van der Waals surface area contributed by atoms with E-state index in [1.807, 2.05) is 11.0 Å². The molecule has 0 atom stereocenters. The number of aliphatic imine (C=N–C) groups is 1. The van der Waals surface area contributed by atoms with Crippen molar-refractivity contribution in [3.05, 3.63) is 30.3 Å². The fourth-order valence-electron chi connectivity index (χ4n) is 3.95. The minimum atomic E-state index is 0. The summed E-state index contributed by atoms with van der Waals surface area (Å²) in [6.45, 7) is 6.77. The predicted octanol–water partition coefficient (Wildman–Crippen LogP) is 2.70. The molecule has 3 rings (SSSR count). The molecule has 2 aliphatic rings. The normalized spacial score (nSPS) is 18.7. The molecule has 28 heavy (non-hydrogen) atoms. The van der Waals surface area contributed by atoms with E-state index in [0.29, 0.717) is 12.0 Å². The van der Waals surface area contributed by atoms with Crippen molar-refractivity contribution in [1.82, 2.24) is 15.5 Å². The molecule has 0 unspecified atom stereocenters. The van der Waals surface area contributed by atoms with Gasteiger partial charge in [-0.05, 0) is 36.8 Å². The summed E-state index contributed by atoms with van der Waals surface area (Å²) in [6.07, 6.45) is 5.10. The Balaban J connectivity index is 0.00000280. The number of para-hydroxylation sites is 1. The minimum Gasteiger partial charge on any atom is -0.368 e. The third kappa shape index (κ3) is 5.75. The molecule has 1 aromatic carbocycles. The molecule has 2 N–H and O–H groups in total.